The molecule has 0 amide bonds. The van der Waals surface area contributed by atoms with Crippen molar-refractivity contribution in [1.82, 2.24) is 0 Å². The molecular formula is C13H17NO3. The molecule has 3 aliphatic rings. The molecule has 0 aromatic rings. The molecule has 3 rings (SSSR count). The van der Waals surface area contributed by atoms with Gasteiger partial charge in [-0.25, -0.2) is 0 Å². The SMILES string of the molecule is O=NC1=C(O)C2CC3CCCCC3CC2C1=O. The van der Waals surface area contributed by atoms with Gasteiger partial charge in [-0.15, -0.1) is 4.91 Å². The number of fused-ring (bicyclic) bond motifs is 2. The summed E-state index contributed by atoms with van der Waals surface area (Å²) in [5.41, 5.74) is -0.196. The number of Topliss-reactive ketones (excluding diaryl/α,β-unsaturated/α-hetero) is 1. The lowest BCUT2D eigenvalue weighted by molar-refractivity contribution is -0.121. The van der Waals surface area contributed by atoms with Crippen molar-refractivity contribution >= 4 is 5.78 Å². The van der Waals surface area contributed by atoms with Crippen LogP contribution in [-0.4, -0.2) is 10.9 Å². The fraction of sp³-hybridized carbons (Fsp3) is 0.769. The van der Waals surface area contributed by atoms with Crippen LogP contribution >= 0.6 is 0 Å². The first kappa shape index (κ1) is 10.9. The van der Waals surface area contributed by atoms with Gasteiger partial charge in [0.25, 0.3) is 0 Å². The van der Waals surface area contributed by atoms with Gasteiger partial charge in [0.15, 0.2) is 11.5 Å². The second kappa shape index (κ2) is 3.93. The Morgan fingerprint density at radius 3 is 2.24 bits per heavy atom. The molecule has 2 fully saturated rings. The number of aliphatic hydroxyl groups excluding tert-OH is 1. The summed E-state index contributed by atoms with van der Waals surface area (Å²) in [6.07, 6.45) is 6.63. The molecule has 3 aliphatic carbocycles. The number of ketones is 1. The van der Waals surface area contributed by atoms with Crippen molar-refractivity contribution < 1.29 is 9.90 Å². The first-order valence-corrected chi connectivity index (χ1v) is 6.53. The maximum Gasteiger partial charge on any atom is 0.192 e. The van der Waals surface area contributed by atoms with Crippen molar-refractivity contribution in [2.45, 2.75) is 38.5 Å². The van der Waals surface area contributed by atoms with E-state index in [-0.39, 0.29) is 29.1 Å². The number of nitroso groups, excluding NO2 is 1. The summed E-state index contributed by atoms with van der Waals surface area (Å²) >= 11 is 0. The van der Waals surface area contributed by atoms with E-state index >= 15 is 0 Å². The standard InChI is InChI=1S/C13H17NO3/c15-12-9-5-7-3-1-2-4-8(7)6-10(9)13(16)11(12)14-17/h7-10,15H,1-6H2. The molecule has 4 unspecified atom stereocenters. The van der Waals surface area contributed by atoms with Gasteiger partial charge < -0.3 is 5.11 Å². The van der Waals surface area contributed by atoms with Crippen LogP contribution in [0.1, 0.15) is 38.5 Å². The fourth-order valence-corrected chi connectivity index (χ4v) is 4.05. The Balaban J connectivity index is 1.87. The molecule has 0 bridgehead atoms. The molecule has 0 aliphatic heterocycles. The third-order valence-electron chi connectivity index (χ3n) is 4.92. The van der Waals surface area contributed by atoms with Crippen LogP contribution in [0.3, 0.4) is 0 Å². The Labute approximate surface area is 100 Å². The van der Waals surface area contributed by atoms with E-state index in [4.69, 9.17) is 0 Å². The number of rotatable bonds is 1. The molecule has 0 radical (unpaired) electrons. The van der Waals surface area contributed by atoms with Gasteiger partial charge in [0.1, 0.15) is 5.76 Å². The summed E-state index contributed by atoms with van der Waals surface area (Å²) in [4.78, 5) is 22.5. The lowest BCUT2D eigenvalue weighted by atomic mass is 9.64. The Morgan fingerprint density at radius 1 is 1.06 bits per heavy atom. The van der Waals surface area contributed by atoms with Crippen LogP contribution in [0.15, 0.2) is 16.6 Å². The maximum atomic E-state index is 11.9. The quantitative estimate of drug-likeness (QED) is 0.710. The van der Waals surface area contributed by atoms with Crippen molar-refractivity contribution in [2.75, 3.05) is 0 Å². The summed E-state index contributed by atoms with van der Waals surface area (Å²) in [6.45, 7) is 0. The zero-order chi connectivity index (χ0) is 12.0. The molecule has 0 saturated heterocycles. The van der Waals surface area contributed by atoms with Gasteiger partial charge in [0.05, 0.1) is 0 Å². The van der Waals surface area contributed by atoms with Gasteiger partial charge >= 0.3 is 0 Å². The molecule has 92 valence electrons. The van der Waals surface area contributed by atoms with E-state index in [1.807, 2.05) is 0 Å². The minimum atomic E-state index is -0.216. The number of hydrogen-bond acceptors (Lipinski definition) is 4. The molecular weight excluding hydrogens is 218 g/mol. The summed E-state index contributed by atoms with van der Waals surface area (Å²) in [5, 5.41) is 12.6. The molecule has 0 aromatic heterocycles. The first-order valence-electron chi connectivity index (χ1n) is 6.53. The minimum Gasteiger partial charge on any atom is -0.509 e. The van der Waals surface area contributed by atoms with Crippen LogP contribution in [-0.2, 0) is 4.79 Å². The third-order valence-corrected chi connectivity index (χ3v) is 4.92. The minimum absolute atomic E-state index is 0.0287. The van der Waals surface area contributed by atoms with E-state index in [2.05, 4.69) is 5.18 Å². The van der Waals surface area contributed by atoms with Crippen molar-refractivity contribution in [2.24, 2.45) is 28.8 Å². The van der Waals surface area contributed by atoms with Crippen molar-refractivity contribution in [1.29, 1.82) is 0 Å². The second-order valence-electron chi connectivity index (χ2n) is 5.68. The molecule has 4 atom stereocenters. The number of carbonyl (C=O) groups is 1. The van der Waals surface area contributed by atoms with Crippen molar-refractivity contribution in [3.8, 4) is 0 Å². The molecule has 0 aromatic carbocycles. The van der Waals surface area contributed by atoms with Gasteiger partial charge in [0.2, 0.25) is 0 Å². The molecule has 17 heavy (non-hydrogen) atoms. The average molecular weight is 235 g/mol. The summed E-state index contributed by atoms with van der Waals surface area (Å²) in [5.74, 6) is 0.723. The van der Waals surface area contributed by atoms with Crippen molar-refractivity contribution in [3.63, 3.8) is 0 Å². The largest absolute Gasteiger partial charge is 0.509 e. The van der Waals surface area contributed by atoms with E-state index < -0.39 is 0 Å². The predicted octanol–water partition coefficient (Wildman–Crippen LogP) is 2.94. The number of aliphatic hydroxyl groups is 1. The third kappa shape index (κ3) is 1.53. The molecule has 0 spiro atoms. The smallest absolute Gasteiger partial charge is 0.192 e. The van der Waals surface area contributed by atoms with Gasteiger partial charge in [-0.2, -0.15) is 0 Å². The van der Waals surface area contributed by atoms with E-state index in [0.717, 1.165) is 12.8 Å². The van der Waals surface area contributed by atoms with Crippen LogP contribution in [0.5, 0.6) is 0 Å². The van der Waals surface area contributed by atoms with E-state index in [9.17, 15) is 14.8 Å². The predicted molar refractivity (Wildman–Crippen MR) is 62.1 cm³/mol. The number of carbonyl (C=O) groups excluding carboxylic acids is 1. The van der Waals surface area contributed by atoms with E-state index in [1.54, 1.807) is 0 Å². The fourth-order valence-electron chi connectivity index (χ4n) is 4.05. The summed E-state index contributed by atoms with van der Waals surface area (Å²) in [6, 6.07) is 0. The molecule has 0 heterocycles. The Hall–Kier alpha value is -1.19. The van der Waals surface area contributed by atoms with Crippen LogP contribution < -0.4 is 0 Å². The summed E-state index contributed by atoms with van der Waals surface area (Å²) < 4.78 is 0. The highest BCUT2D eigenvalue weighted by Crippen LogP contribution is 2.51. The maximum absolute atomic E-state index is 11.9. The molecule has 4 heteroatoms. The first-order chi connectivity index (χ1) is 8.22. The van der Waals surface area contributed by atoms with Crippen LogP contribution in [0.2, 0.25) is 0 Å². The zero-order valence-electron chi connectivity index (χ0n) is 9.76. The van der Waals surface area contributed by atoms with Gasteiger partial charge in [-0.05, 0) is 29.9 Å². The number of hydrogen-bond donors (Lipinski definition) is 1. The van der Waals surface area contributed by atoms with Crippen molar-refractivity contribution in [3.05, 3.63) is 16.4 Å². The Morgan fingerprint density at radius 2 is 1.65 bits per heavy atom. The molecule has 2 saturated carbocycles. The average Bonchev–Trinajstić information content (AvgIpc) is 2.59. The Bertz CT molecular complexity index is 401. The highest BCUT2D eigenvalue weighted by atomic mass is 16.3. The van der Waals surface area contributed by atoms with Crippen LogP contribution in [0, 0.1) is 28.6 Å². The van der Waals surface area contributed by atoms with Gasteiger partial charge in [-0.3, -0.25) is 4.79 Å². The van der Waals surface area contributed by atoms with Gasteiger partial charge in [-0.1, -0.05) is 25.7 Å². The normalized spacial score (nSPS) is 41.1. The number of nitrogens with zero attached hydrogens (tertiary/aromatic N) is 1. The number of allylic oxidation sites excluding steroid dienone is 2. The Kier molecular flexibility index (Phi) is 2.53. The topological polar surface area (TPSA) is 66.7 Å². The highest BCUT2D eigenvalue weighted by Gasteiger charge is 2.49. The zero-order valence-corrected chi connectivity index (χ0v) is 9.76. The van der Waals surface area contributed by atoms with E-state index in [1.165, 1.54) is 25.7 Å². The molecule has 1 N–H and O–H groups in total. The summed E-state index contributed by atoms with van der Waals surface area (Å²) in [7, 11) is 0. The van der Waals surface area contributed by atoms with Gasteiger partial charge in [0, 0.05) is 11.8 Å². The second-order valence-corrected chi connectivity index (χ2v) is 5.68. The van der Waals surface area contributed by atoms with Crippen LogP contribution in [0.4, 0.5) is 0 Å². The van der Waals surface area contributed by atoms with Crippen LogP contribution in [0.25, 0.3) is 0 Å². The monoisotopic (exact) mass is 235 g/mol. The highest BCUT2D eigenvalue weighted by molar-refractivity contribution is 6.00. The lowest BCUT2D eigenvalue weighted by Crippen LogP contribution is -2.35. The molecule has 4 nitrogen and oxygen atoms in total. The van der Waals surface area contributed by atoms with E-state index in [0.29, 0.717) is 11.8 Å². The lowest BCUT2D eigenvalue weighted by Gasteiger charge is -2.40.